The molecule has 0 aliphatic heterocycles. The third-order valence-corrected chi connectivity index (χ3v) is 3.07. The fraction of sp³-hybridized carbons (Fsp3) is 0.647. The molecule has 0 aliphatic rings. The Morgan fingerprint density at radius 2 is 1.57 bits per heavy atom. The van der Waals surface area contributed by atoms with Crippen LogP contribution in [0.25, 0.3) is 0 Å². The number of hydrogen-bond donors (Lipinski definition) is 1. The molecule has 0 bridgehead atoms. The van der Waals surface area contributed by atoms with Gasteiger partial charge in [-0.3, -0.25) is 0 Å². The van der Waals surface area contributed by atoms with Crippen LogP contribution < -0.4 is 10.1 Å². The summed E-state index contributed by atoms with van der Waals surface area (Å²) < 4.78 is 17.1. The molecule has 0 aromatic heterocycles. The lowest BCUT2D eigenvalue weighted by Crippen LogP contribution is -2.36. The van der Waals surface area contributed by atoms with Gasteiger partial charge in [-0.2, -0.15) is 0 Å². The van der Waals surface area contributed by atoms with Crippen LogP contribution in [-0.4, -0.2) is 32.7 Å². The van der Waals surface area contributed by atoms with Gasteiger partial charge in [0.25, 0.3) is 0 Å². The Morgan fingerprint density at radius 3 is 2.05 bits per heavy atom. The van der Waals surface area contributed by atoms with Crippen LogP contribution in [0.15, 0.2) is 24.3 Å². The zero-order valence-corrected chi connectivity index (χ0v) is 13.7. The van der Waals surface area contributed by atoms with Gasteiger partial charge in [-0.1, -0.05) is 26.0 Å². The topological polar surface area (TPSA) is 39.7 Å². The molecule has 0 saturated carbocycles. The van der Waals surface area contributed by atoms with Crippen LogP contribution in [-0.2, 0) is 9.47 Å². The fourth-order valence-corrected chi connectivity index (χ4v) is 2.15. The minimum atomic E-state index is -0.276. The molecule has 0 amide bonds. The number of hydrogen-bond acceptors (Lipinski definition) is 4. The second-order valence-electron chi connectivity index (χ2n) is 4.73. The predicted octanol–water partition coefficient (Wildman–Crippen LogP) is 3.53. The van der Waals surface area contributed by atoms with Crippen LogP contribution in [0.3, 0.4) is 0 Å². The van der Waals surface area contributed by atoms with E-state index in [1.54, 1.807) is 0 Å². The number of benzene rings is 1. The highest BCUT2D eigenvalue weighted by Crippen LogP contribution is 2.23. The lowest BCUT2D eigenvalue weighted by atomic mass is 10.1. The van der Waals surface area contributed by atoms with Gasteiger partial charge in [0, 0.05) is 13.2 Å². The van der Waals surface area contributed by atoms with Crippen LogP contribution >= 0.6 is 0 Å². The molecule has 1 aromatic rings. The van der Waals surface area contributed by atoms with Crippen molar-refractivity contribution in [2.45, 2.75) is 46.4 Å². The van der Waals surface area contributed by atoms with Gasteiger partial charge in [-0.25, -0.2) is 0 Å². The van der Waals surface area contributed by atoms with Gasteiger partial charge < -0.3 is 19.5 Å². The minimum Gasteiger partial charge on any atom is -0.494 e. The maximum absolute atomic E-state index is 5.73. The maximum atomic E-state index is 5.73. The quantitative estimate of drug-likeness (QED) is 0.634. The molecule has 1 atom stereocenters. The van der Waals surface area contributed by atoms with Gasteiger partial charge in [0.05, 0.1) is 12.6 Å². The Hall–Kier alpha value is -1.10. The van der Waals surface area contributed by atoms with E-state index in [-0.39, 0.29) is 12.3 Å². The number of rotatable bonds is 11. The molecule has 1 N–H and O–H groups in total. The van der Waals surface area contributed by atoms with E-state index in [9.17, 15) is 0 Å². The molecule has 1 rings (SSSR count). The van der Waals surface area contributed by atoms with Crippen molar-refractivity contribution in [3.63, 3.8) is 0 Å². The zero-order chi connectivity index (χ0) is 15.5. The van der Waals surface area contributed by atoms with Gasteiger partial charge in [-0.15, -0.1) is 0 Å². The summed E-state index contributed by atoms with van der Waals surface area (Å²) in [6.45, 7) is 11.0. The first-order valence-electron chi connectivity index (χ1n) is 7.96. The molecule has 0 fully saturated rings. The van der Waals surface area contributed by atoms with E-state index in [1.165, 1.54) is 0 Å². The van der Waals surface area contributed by atoms with Gasteiger partial charge >= 0.3 is 0 Å². The smallest absolute Gasteiger partial charge is 0.176 e. The summed E-state index contributed by atoms with van der Waals surface area (Å²) in [6, 6.07) is 8.18. The lowest BCUT2D eigenvalue weighted by Gasteiger charge is -2.27. The summed E-state index contributed by atoms with van der Waals surface area (Å²) in [6.07, 6.45) is 0.737. The summed E-state index contributed by atoms with van der Waals surface area (Å²) in [5, 5.41) is 3.44. The van der Waals surface area contributed by atoms with E-state index in [0.717, 1.165) is 30.9 Å². The fourth-order valence-electron chi connectivity index (χ4n) is 2.15. The van der Waals surface area contributed by atoms with Crippen LogP contribution in [0.4, 0.5) is 0 Å². The van der Waals surface area contributed by atoms with Crippen LogP contribution in [0.1, 0.15) is 45.7 Å². The Balaban J connectivity index is 2.82. The van der Waals surface area contributed by atoms with Crippen molar-refractivity contribution in [2.24, 2.45) is 0 Å². The van der Waals surface area contributed by atoms with Crippen LogP contribution in [0, 0.1) is 0 Å². The normalized spacial score (nSPS) is 12.6. The van der Waals surface area contributed by atoms with Crippen molar-refractivity contribution in [1.29, 1.82) is 0 Å². The molecule has 0 saturated heterocycles. The van der Waals surface area contributed by atoms with Gasteiger partial charge in [0.15, 0.2) is 6.29 Å². The summed E-state index contributed by atoms with van der Waals surface area (Å²) in [4.78, 5) is 0. The Labute approximate surface area is 128 Å². The molecule has 120 valence electrons. The molecule has 0 aliphatic carbocycles. The van der Waals surface area contributed by atoms with E-state index in [1.807, 2.05) is 26.0 Å². The first kappa shape index (κ1) is 18.0. The summed E-state index contributed by atoms with van der Waals surface area (Å²) in [7, 11) is 0. The molecule has 0 heterocycles. The van der Waals surface area contributed by atoms with Gasteiger partial charge in [-0.05, 0) is 44.5 Å². The molecular weight excluding hydrogens is 266 g/mol. The van der Waals surface area contributed by atoms with E-state index in [0.29, 0.717) is 13.2 Å². The van der Waals surface area contributed by atoms with Crippen molar-refractivity contribution in [3.05, 3.63) is 29.8 Å². The van der Waals surface area contributed by atoms with Crippen molar-refractivity contribution in [2.75, 3.05) is 26.4 Å². The summed E-state index contributed by atoms with van der Waals surface area (Å²) in [5.41, 5.74) is 1.15. The largest absolute Gasteiger partial charge is 0.494 e. The number of nitrogens with one attached hydrogen (secondary N) is 1. The SMILES string of the molecule is CCCOc1ccc(C(NCC)C(OCC)OCC)cc1. The standard InChI is InChI=1S/C17H29NO3/c1-5-13-21-15-11-9-14(10-12-15)16(18-6-2)17(19-7-3)20-8-4/h9-12,16-18H,5-8,13H2,1-4H3. The van der Waals surface area contributed by atoms with E-state index in [4.69, 9.17) is 14.2 Å². The van der Waals surface area contributed by atoms with Gasteiger partial charge in [0.2, 0.25) is 0 Å². The average Bonchev–Trinajstić information content (AvgIpc) is 2.51. The third kappa shape index (κ3) is 6.04. The van der Waals surface area contributed by atoms with Crippen molar-refractivity contribution in [1.82, 2.24) is 5.32 Å². The Morgan fingerprint density at radius 1 is 0.952 bits per heavy atom. The second kappa shape index (κ2) is 10.6. The Bertz CT molecular complexity index is 361. The monoisotopic (exact) mass is 295 g/mol. The molecule has 21 heavy (non-hydrogen) atoms. The summed E-state index contributed by atoms with van der Waals surface area (Å²) >= 11 is 0. The van der Waals surface area contributed by atoms with Crippen molar-refractivity contribution >= 4 is 0 Å². The van der Waals surface area contributed by atoms with Crippen LogP contribution in [0.2, 0.25) is 0 Å². The molecule has 4 heteroatoms. The highest BCUT2D eigenvalue weighted by Gasteiger charge is 2.23. The van der Waals surface area contributed by atoms with E-state index >= 15 is 0 Å². The first-order chi connectivity index (χ1) is 10.3. The predicted molar refractivity (Wildman–Crippen MR) is 85.7 cm³/mol. The number of likely N-dealkylation sites (N-methyl/N-ethyl adjacent to an activating group) is 1. The molecule has 4 nitrogen and oxygen atoms in total. The maximum Gasteiger partial charge on any atom is 0.176 e. The van der Waals surface area contributed by atoms with Crippen LogP contribution in [0.5, 0.6) is 5.75 Å². The molecule has 0 radical (unpaired) electrons. The Kier molecular flexibility index (Phi) is 9.06. The van der Waals surface area contributed by atoms with Crippen molar-refractivity contribution in [3.8, 4) is 5.75 Å². The number of ether oxygens (including phenoxy) is 3. The molecule has 1 aromatic carbocycles. The molecule has 0 spiro atoms. The van der Waals surface area contributed by atoms with Gasteiger partial charge in [0.1, 0.15) is 5.75 Å². The molecule has 1 unspecified atom stereocenters. The highest BCUT2D eigenvalue weighted by molar-refractivity contribution is 5.29. The second-order valence-corrected chi connectivity index (χ2v) is 4.73. The zero-order valence-electron chi connectivity index (χ0n) is 13.7. The van der Waals surface area contributed by atoms with Crippen molar-refractivity contribution < 1.29 is 14.2 Å². The van der Waals surface area contributed by atoms with E-state index < -0.39 is 0 Å². The third-order valence-electron chi connectivity index (χ3n) is 3.07. The average molecular weight is 295 g/mol. The van der Waals surface area contributed by atoms with E-state index in [2.05, 4.69) is 31.3 Å². The highest BCUT2D eigenvalue weighted by atomic mass is 16.7. The minimum absolute atomic E-state index is 0.0233. The summed E-state index contributed by atoms with van der Waals surface area (Å²) in [5.74, 6) is 0.903. The molecular formula is C17H29NO3. The first-order valence-corrected chi connectivity index (χ1v) is 7.96. The lowest BCUT2D eigenvalue weighted by molar-refractivity contribution is -0.155.